The molecule has 25 heavy (non-hydrogen) atoms. The molecule has 3 rings (SSSR count). The van der Waals surface area contributed by atoms with Crippen LogP contribution in [0.3, 0.4) is 0 Å². The van der Waals surface area contributed by atoms with E-state index >= 15 is 0 Å². The molecule has 1 aliphatic heterocycles. The SMILES string of the molecule is CCC(=O)Nc1ccc(CC2CCN(C3CCCCC3)C2=O)c(Cl)c1. The minimum absolute atomic E-state index is 0.0297. The fourth-order valence-corrected chi connectivity index (χ4v) is 4.27. The lowest BCUT2D eigenvalue weighted by Gasteiger charge is -2.31. The molecule has 1 unspecified atom stereocenters. The Bertz CT molecular complexity index is 641. The first kappa shape index (κ1) is 18.2. The standard InChI is InChI=1S/C20H27ClN2O2/c1-2-19(24)22-16-9-8-14(18(21)13-16)12-15-10-11-23(20(15)25)17-6-4-3-5-7-17/h8-9,13,15,17H,2-7,10-12H2,1H3,(H,22,24). The minimum atomic E-state index is -0.0297. The zero-order valence-electron chi connectivity index (χ0n) is 14.9. The van der Waals surface area contributed by atoms with Crippen molar-refractivity contribution in [1.29, 1.82) is 0 Å². The third-order valence-electron chi connectivity index (χ3n) is 5.49. The Labute approximate surface area is 154 Å². The molecule has 136 valence electrons. The number of nitrogens with one attached hydrogen (secondary N) is 1. The first-order valence-corrected chi connectivity index (χ1v) is 9.85. The highest BCUT2D eigenvalue weighted by molar-refractivity contribution is 6.31. The summed E-state index contributed by atoms with van der Waals surface area (Å²) in [6.45, 7) is 2.70. The van der Waals surface area contributed by atoms with E-state index in [4.69, 9.17) is 11.6 Å². The van der Waals surface area contributed by atoms with E-state index in [9.17, 15) is 9.59 Å². The molecule has 0 radical (unpaired) electrons. The van der Waals surface area contributed by atoms with Crippen molar-refractivity contribution in [3.63, 3.8) is 0 Å². The summed E-state index contributed by atoms with van der Waals surface area (Å²) in [6, 6.07) is 6.04. The van der Waals surface area contributed by atoms with Crippen molar-refractivity contribution in [3.05, 3.63) is 28.8 Å². The van der Waals surface area contributed by atoms with Crippen LogP contribution in [0.1, 0.15) is 57.4 Å². The van der Waals surface area contributed by atoms with Crippen molar-refractivity contribution in [2.75, 3.05) is 11.9 Å². The van der Waals surface area contributed by atoms with Gasteiger partial charge >= 0.3 is 0 Å². The average Bonchev–Trinajstić information content (AvgIpc) is 2.98. The van der Waals surface area contributed by atoms with Gasteiger partial charge < -0.3 is 10.2 Å². The monoisotopic (exact) mass is 362 g/mol. The van der Waals surface area contributed by atoms with Crippen molar-refractivity contribution in [3.8, 4) is 0 Å². The van der Waals surface area contributed by atoms with E-state index in [1.54, 1.807) is 6.07 Å². The smallest absolute Gasteiger partial charge is 0.226 e. The quantitative estimate of drug-likeness (QED) is 0.843. The van der Waals surface area contributed by atoms with Gasteiger partial charge in [-0.3, -0.25) is 9.59 Å². The van der Waals surface area contributed by atoms with Gasteiger partial charge in [0, 0.05) is 35.6 Å². The maximum Gasteiger partial charge on any atom is 0.226 e. The van der Waals surface area contributed by atoms with Crippen molar-refractivity contribution in [1.82, 2.24) is 4.90 Å². The van der Waals surface area contributed by atoms with E-state index in [-0.39, 0.29) is 11.8 Å². The number of benzene rings is 1. The molecule has 0 bridgehead atoms. The lowest BCUT2D eigenvalue weighted by molar-refractivity contribution is -0.133. The second-order valence-corrected chi connectivity index (χ2v) is 7.63. The summed E-state index contributed by atoms with van der Waals surface area (Å²) in [4.78, 5) is 26.4. The van der Waals surface area contributed by atoms with Crippen LogP contribution in [0.15, 0.2) is 18.2 Å². The number of hydrogen-bond acceptors (Lipinski definition) is 2. The molecule has 1 saturated heterocycles. The number of amides is 2. The van der Waals surface area contributed by atoms with E-state index in [1.165, 1.54) is 19.3 Å². The molecular weight excluding hydrogens is 336 g/mol. The van der Waals surface area contributed by atoms with Gasteiger partial charge in [-0.1, -0.05) is 43.9 Å². The summed E-state index contributed by atoms with van der Waals surface area (Å²) in [5.74, 6) is 0.305. The summed E-state index contributed by atoms with van der Waals surface area (Å²) in [7, 11) is 0. The zero-order valence-corrected chi connectivity index (χ0v) is 15.6. The van der Waals surface area contributed by atoms with Crippen LogP contribution in [0.5, 0.6) is 0 Å². The molecule has 1 heterocycles. The van der Waals surface area contributed by atoms with Crippen LogP contribution in [0.4, 0.5) is 5.69 Å². The number of halogens is 1. The zero-order chi connectivity index (χ0) is 17.8. The topological polar surface area (TPSA) is 49.4 Å². The fourth-order valence-electron chi connectivity index (χ4n) is 4.01. The van der Waals surface area contributed by atoms with E-state index in [0.717, 1.165) is 31.4 Å². The molecule has 4 nitrogen and oxygen atoms in total. The van der Waals surface area contributed by atoms with Crippen LogP contribution < -0.4 is 5.32 Å². The Hall–Kier alpha value is -1.55. The van der Waals surface area contributed by atoms with Crippen molar-refractivity contribution in [2.24, 2.45) is 5.92 Å². The summed E-state index contributed by atoms with van der Waals surface area (Å²) < 4.78 is 0. The Morgan fingerprint density at radius 2 is 2.00 bits per heavy atom. The van der Waals surface area contributed by atoms with Gasteiger partial charge in [-0.15, -0.1) is 0 Å². The summed E-state index contributed by atoms with van der Waals surface area (Å²) in [6.07, 6.45) is 8.15. The van der Waals surface area contributed by atoms with Crippen LogP contribution >= 0.6 is 11.6 Å². The van der Waals surface area contributed by atoms with Crippen molar-refractivity contribution >= 4 is 29.1 Å². The molecule has 1 aromatic carbocycles. The van der Waals surface area contributed by atoms with Gasteiger partial charge in [0.25, 0.3) is 0 Å². The van der Waals surface area contributed by atoms with Crippen molar-refractivity contribution in [2.45, 2.75) is 64.3 Å². The van der Waals surface area contributed by atoms with Crippen molar-refractivity contribution < 1.29 is 9.59 Å². The molecule has 0 aromatic heterocycles. The highest BCUT2D eigenvalue weighted by atomic mass is 35.5. The fraction of sp³-hybridized carbons (Fsp3) is 0.600. The third-order valence-corrected chi connectivity index (χ3v) is 5.84. The van der Waals surface area contributed by atoms with Gasteiger partial charge in [0.05, 0.1) is 0 Å². The van der Waals surface area contributed by atoms with Crippen LogP contribution in [-0.4, -0.2) is 29.3 Å². The molecule has 2 aliphatic rings. The molecule has 0 spiro atoms. The predicted octanol–water partition coefficient (Wildman–Crippen LogP) is 4.41. The Morgan fingerprint density at radius 1 is 1.24 bits per heavy atom. The van der Waals surface area contributed by atoms with E-state index in [1.807, 2.05) is 19.1 Å². The Kier molecular flexibility index (Phi) is 6.00. The van der Waals surface area contributed by atoms with E-state index in [0.29, 0.717) is 35.5 Å². The normalized spacial score (nSPS) is 21.6. The Morgan fingerprint density at radius 3 is 2.68 bits per heavy atom. The summed E-state index contributed by atoms with van der Waals surface area (Å²) >= 11 is 6.39. The largest absolute Gasteiger partial charge is 0.339 e. The molecule has 1 saturated carbocycles. The van der Waals surface area contributed by atoms with E-state index < -0.39 is 0 Å². The highest BCUT2D eigenvalue weighted by Gasteiger charge is 2.36. The number of anilines is 1. The maximum absolute atomic E-state index is 12.8. The summed E-state index contributed by atoms with van der Waals surface area (Å²) in [5.41, 5.74) is 1.70. The maximum atomic E-state index is 12.8. The minimum Gasteiger partial charge on any atom is -0.339 e. The third kappa shape index (κ3) is 4.35. The highest BCUT2D eigenvalue weighted by Crippen LogP contribution is 2.32. The van der Waals surface area contributed by atoms with Crippen LogP contribution in [0.25, 0.3) is 0 Å². The number of hydrogen-bond donors (Lipinski definition) is 1. The molecule has 1 aliphatic carbocycles. The van der Waals surface area contributed by atoms with Crippen LogP contribution in [0, 0.1) is 5.92 Å². The molecule has 1 N–H and O–H groups in total. The molecule has 5 heteroatoms. The van der Waals surface area contributed by atoms with Gasteiger partial charge in [0.15, 0.2) is 0 Å². The lowest BCUT2D eigenvalue weighted by Crippen LogP contribution is -2.39. The van der Waals surface area contributed by atoms with Gasteiger partial charge in [0.1, 0.15) is 0 Å². The second kappa shape index (κ2) is 8.22. The Balaban J connectivity index is 1.62. The van der Waals surface area contributed by atoms with Gasteiger partial charge in [-0.2, -0.15) is 0 Å². The summed E-state index contributed by atoms with van der Waals surface area (Å²) in [5, 5.41) is 3.44. The van der Waals surface area contributed by atoms with Gasteiger partial charge in [0.2, 0.25) is 11.8 Å². The predicted molar refractivity (Wildman–Crippen MR) is 101 cm³/mol. The molecular formula is C20H27ClN2O2. The number of carbonyl (C=O) groups excluding carboxylic acids is 2. The number of rotatable bonds is 5. The van der Waals surface area contributed by atoms with Crippen LogP contribution in [-0.2, 0) is 16.0 Å². The van der Waals surface area contributed by atoms with Gasteiger partial charge in [-0.05, 0) is 43.4 Å². The lowest BCUT2D eigenvalue weighted by atomic mass is 9.94. The van der Waals surface area contributed by atoms with E-state index in [2.05, 4.69) is 10.2 Å². The average molecular weight is 363 g/mol. The molecule has 1 aromatic rings. The second-order valence-electron chi connectivity index (χ2n) is 7.22. The molecule has 1 atom stereocenters. The van der Waals surface area contributed by atoms with Gasteiger partial charge in [-0.25, -0.2) is 0 Å². The van der Waals surface area contributed by atoms with Crippen LogP contribution in [0.2, 0.25) is 5.02 Å². The number of likely N-dealkylation sites (tertiary alicyclic amines) is 1. The first-order chi connectivity index (χ1) is 12.1. The number of carbonyl (C=O) groups is 2. The first-order valence-electron chi connectivity index (χ1n) is 9.47. The number of nitrogens with zero attached hydrogens (tertiary/aromatic N) is 1. The molecule has 2 amide bonds. The molecule has 2 fully saturated rings.